The second kappa shape index (κ2) is 6.50. The van der Waals surface area contributed by atoms with E-state index in [0.29, 0.717) is 12.2 Å². The van der Waals surface area contributed by atoms with Crippen LogP contribution < -0.4 is 0 Å². The van der Waals surface area contributed by atoms with E-state index in [1.54, 1.807) is 0 Å². The van der Waals surface area contributed by atoms with Crippen molar-refractivity contribution in [1.29, 1.82) is 0 Å². The van der Waals surface area contributed by atoms with E-state index in [1.165, 1.54) is 4.90 Å². The molecule has 0 bridgehead atoms. The Morgan fingerprint density at radius 2 is 1.90 bits per heavy atom. The quantitative estimate of drug-likeness (QED) is 0.646. The molecule has 0 aliphatic carbocycles. The first-order chi connectivity index (χ1) is 10.3. The molecule has 0 unspecified atom stereocenters. The summed E-state index contributed by atoms with van der Waals surface area (Å²) in [6, 6.07) is 12.1. The fourth-order valence-corrected chi connectivity index (χ4v) is 4.74. The summed E-state index contributed by atoms with van der Waals surface area (Å²) >= 11 is 0. The van der Waals surface area contributed by atoms with Gasteiger partial charge in [-0.15, -0.1) is 0 Å². The Bertz CT molecular complexity index is 642. The zero-order valence-corrected chi connectivity index (χ0v) is 12.9. The predicted octanol–water partition coefficient (Wildman–Crippen LogP) is 3.02. The number of carbonyl (C=O) groups is 1. The molecule has 1 heterocycles. The molecule has 2 aromatic carbocycles. The molecule has 0 atom stereocenters. The Balaban J connectivity index is 2.13. The van der Waals surface area contributed by atoms with Crippen LogP contribution in [0.5, 0.6) is 0 Å². The third-order valence-corrected chi connectivity index (χ3v) is 5.90. The maximum Gasteiger partial charge on any atom is 0.338 e. The van der Waals surface area contributed by atoms with Crippen LogP contribution >= 0.6 is 0 Å². The minimum Gasteiger partial charge on any atom is -0.462 e. The van der Waals surface area contributed by atoms with Gasteiger partial charge in [0.25, 0.3) is 0 Å². The first-order valence-corrected chi connectivity index (χ1v) is 8.81. The number of carbonyl (C=O) groups excluding carboxylic acids is 1. The molecular weight excluding hydrogens is 284 g/mol. The number of benzene rings is 2. The zero-order chi connectivity index (χ0) is 14.7. The topological polar surface area (TPSA) is 35.5 Å². The van der Waals surface area contributed by atoms with Crippen molar-refractivity contribution in [1.82, 2.24) is 0 Å². The van der Waals surface area contributed by atoms with Gasteiger partial charge in [0.05, 0.1) is 30.8 Å². The number of rotatable bonds is 3. The minimum atomic E-state index is -0.229. The lowest BCUT2D eigenvalue weighted by Crippen LogP contribution is -2.26. The summed E-state index contributed by atoms with van der Waals surface area (Å²) in [5, 5.41) is 2.17. The summed E-state index contributed by atoms with van der Waals surface area (Å²) in [6.07, 6.45) is 0. The summed E-state index contributed by atoms with van der Waals surface area (Å²) in [5.74, 6) is 1.85. The fourth-order valence-electron chi connectivity index (χ4n) is 2.67. The van der Waals surface area contributed by atoms with E-state index >= 15 is 0 Å². The molecule has 0 radical (unpaired) electrons. The summed E-state index contributed by atoms with van der Waals surface area (Å²) < 4.78 is 10.7. The molecule has 3 nitrogen and oxygen atoms in total. The molecular formula is C17H19O3S+. The van der Waals surface area contributed by atoms with E-state index in [2.05, 4.69) is 24.3 Å². The van der Waals surface area contributed by atoms with Gasteiger partial charge in [-0.2, -0.15) is 0 Å². The Morgan fingerprint density at radius 3 is 2.62 bits per heavy atom. The molecule has 0 saturated carbocycles. The lowest BCUT2D eigenvalue weighted by Gasteiger charge is -2.16. The molecule has 1 saturated heterocycles. The van der Waals surface area contributed by atoms with Gasteiger partial charge in [0.2, 0.25) is 0 Å². The van der Waals surface area contributed by atoms with Crippen molar-refractivity contribution in [2.45, 2.75) is 11.8 Å². The van der Waals surface area contributed by atoms with Gasteiger partial charge in [0, 0.05) is 10.9 Å². The van der Waals surface area contributed by atoms with E-state index in [4.69, 9.17) is 9.47 Å². The standard InChI is InChI=1S/C17H19O3S/c1-2-20-17(18)14-7-3-5-13-6-4-8-15(16(13)14)21-11-9-19-10-12-21/h3-8H,2,9-12H2,1H3/q+1. The van der Waals surface area contributed by atoms with Crippen LogP contribution in [0.25, 0.3) is 10.8 Å². The van der Waals surface area contributed by atoms with Gasteiger partial charge < -0.3 is 9.47 Å². The Labute approximate surface area is 127 Å². The lowest BCUT2D eigenvalue weighted by molar-refractivity contribution is 0.0528. The number of fused-ring (bicyclic) bond motifs is 1. The van der Waals surface area contributed by atoms with Crippen molar-refractivity contribution >= 4 is 27.6 Å². The summed E-state index contributed by atoms with van der Waals surface area (Å²) in [6.45, 7) is 3.85. The average Bonchev–Trinajstić information content (AvgIpc) is 2.55. The highest BCUT2D eigenvalue weighted by molar-refractivity contribution is 7.97. The molecule has 1 aliphatic rings. The first kappa shape index (κ1) is 14.4. The van der Waals surface area contributed by atoms with Crippen molar-refractivity contribution in [2.24, 2.45) is 0 Å². The van der Waals surface area contributed by atoms with Crippen molar-refractivity contribution in [2.75, 3.05) is 31.3 Å². The monoisotopic (exact) mass is 303 g/mol. The van der Waals surface area contributed by atoms with E-state index < -0.39 is 0 Å². The van der Waals surface area contributed by atoms with Crippen LogP contribution in [0.3, 0.4) is 0 Å². The molecule has 1 fully saturated rings. The van der Waals surface area contributed by atoms with Crippen LogP contribution in [-0.4, -0.2) is 37.3 Å². The normalized spacial score (nSPS) is 16.0. The van der Waals surface area contributed by atoms with Crippen LogP contribution in [0.2, 0.25) is 0 Å². The van der Waals surface area contributed by atoms with Crippen LogP contribution in [0, 0.1) is 0 Å². The smallest absolute Gasteiger partial charge is 0.338 e. The second-order valence-corrected chi connectivity index (χ2v) is 7.14. The van der Waals surface area contributed by atoms with E-state index in [0.717, 1.165) is 35.5 Å². The Kier molecular flexibility index (Phi) is 4.46. The molecule has 0 N–H and O–H groups in total. The van der Waals surface area contributed by atoms with Gasteiger partial charge in [-0.25, -0.2) is 4.79 Å². The summed E-state index contributed by atoms with van der Waals surface area (Å²) in [5.41, 5.74) is 0.684. The van der Waals surface area contributed by atoms with Crippen LogP contribution in [0.4, 0.5) is 0 Å². The third-order valence-electron chi connectivity index (χ3n) is 3.62. The van der Waals surface area contributed by atoms with Crippen LogP contribution in [0.1, 0.15) is 17.3 Å². The highest BCUT2D eigenvalue weighted by Gasteiger charge is 2.29. The first-order valence-electron chi connectivity index (χ1n) is 7.25. The fraction of sp³-hybridized carbons (Fsp3) is 0.353. The van der Waals surface area contributed by atoms with Gasteiger partial charge in [-0.05, 0) is 24.4 Å². The van der Waals surface area contributed by atoms with Crippen molar-refractivity contribution < 1.29 is 14.3 Å². The summed E-state index contributed by atoms with van der Waals surface area (Å²) in [4.78, 5) is 13.5. The summed E-state index contributed by atoms with van der Waals surface area (Å²) in [7, 11) is 0.154. The maximum absolute atomic E-state index is 12.2. The molecule has 0 spiro atoms. The van der Waals surface area contributed by atoms with Crippen molar-refractivity contribution in [3.05, 3.63) is 42.0 Å². The van der Waals surface area contributed by atoms with Gasteiger partial charge >= 0.3 is 5.97 Å². The number of hydrogen-bond donors (Lipinski definition) is 0. The van der Waals surface area contributed by atoms with Gasteiger partial charge in [0.15, 0.2) is 4.90 Å². The Morgan fingerprint density at radius 1 is 1.19 bits per heavy atom. The molecule has 3 rings (SSSR count). The van der Waals surface area contributed by atoms with E-state index in [-0.39, 0.29) is 16.9 Å². The molecule has 4 heteroatoms. The molecule has 1 aliphatic heterocycles. The van der Waals surface area contributed by atoms with E-state index in [9.17, 15) is 4.79 Å². The predicted molar refractivity (Wildman–Crippen MR) is 86.1 cm³/mol. The second-order valence-electron chi connectivity index (χ2n) is 4.89. The van der Waals surface area contributed by atoms with Crippen LogP contribution in [-0.2, 0) is 20.4 Å². The number of hydrogen-bond acceptors (Lipinski definition) is 3. The minimum absolute atomic E-state index is 0.154. The zero-order valence-electron chi connectivity index (χ0n) is 12.1. The SMILES string of the molecule is CCOC(=O)c1cccc2cccc([S+]3CCOCC3)c12. The molecule has 0 aromatic heterocycles. The highest BCUT2D eigenvalue weighted by atomic mass is 32.2. The molecule has 0 amide bonds. The lowest BCUT2D eigenvalue weighted by atomic mass is 10.0. The largest absolute Gasteiger partial charge is 0.462 e. The van der Waals surface area contributed by atoms with Gasteiger partial charge in [-0.3, -0.25) is 0 Å². The maximum atomic E-state index is 12.2. The number of ether oxygens (including phenoxy) is 2. The molecule has 2 aromatic rings. The van der Waals surface area contributed by atoms with Gasteiger partial charge in [-0.1, -0.05) is 24.3 Å². The third kappa shape index (κ3) is 2.92. The van der Waals surface area contributed by atoms with Gasteiger partial charge in [0.1, 0.15) is 11.5 Å². The van der Waals surface area contributed by atoms with E-state index in [1.807, 2.05) is 19.1 Å². The highest BCUT2D eigenvalue weighted by Crippen LogP contribution is 2.30. The molecule has 110 valence electrons. The number of esters is 1. The van der Waals surface area contributed by atoms with Crippen molar-refractivity contribution in [3.63, 3.8) is 0 Å². The van der Waals surface area contributed by atoms with Crippen molar-refractivity contribution in [3.8, 4) is 0 Å². The Hall–Kier alpha value is -1.52. The average molecular weight is 303 g/mol. The van der Waals surface area contributed by atoms with Crippen LogP contribution in [0.15, 0.2) is 41.3 Å². The molecule has 21 heavy (non-hydrogen) atoms.